The van der Waals surface area contributed by atoms with Crippen LogP contribution in [0.5, 0.6) is 0 Å². The Hall–Kier alpha value is -2.97. The molecule has 0 bridgehead atoms. The Bertz CT molecular complexity index is 1100. The minimum atomic E-state index is -4.77. The number of pyridine rings is 1. The van der Waals surface area contributed by atoms with Gasteiger partial charge in [0.15, 0.2) is 0 Å². The lowest BCUT2D eigenvalue weighted by Crippen LogP contribution is -2.29. The van der Waals surface area contributed by atoms with E-state index in [1.807, 2.05) is 0 Å². The first-order valence-corrected chi connectivity index (χ1v) is 9.42. The van der Waals surface area contributed by atoms with Crippen molar-refractivity contribution in [3.63, 3.8) is 0 Å². The molecule has 2 aromatic carbocycles. The molecule has 0 amide bonds. The molecule has 2 unspecified atom stereocenters. The zero-order valence-electron chi connectivity index (χ0n) is 15.8. The first-order chi connectivity index (χ1) is 14.6. The lowest BCUT2D eigenvalue weighted by molar-refractivity contribution is -0.158. The number of carbonyl (C=O) groups is 1. The van der Waals surface area contributed by atoms with Gasteiger partial charge in [-0.15, -0.1) is 0 Å². The molecule has 0 aliphatic heterocycles. The molecule has 4 nitrogen and oxygen atoms in total. The quantitative estimate of drug-likeness (QED) is 0.472. The number of carboxylic acid groups (broad SMARTS) is 1. The minimum Gasteiger partial charge on any atom is -0.478 e. The predicted molar refractivity (Wildman–Crippen MR) is 107 cm³/mol. The molecule has 3 aromatic rings. The fraction of sp³-hybridized carbons (Fsp3) is 0.182. The molecule has 162 valence electrons. The lowest BCUT2D eigenvalue weighted by Gasteiger charge is -2.29. The van der Waals surface area contributed by atoms with E-state index in [0.29, 0.717) is 5.56 Å². The summed E-state index contributed by atoms with van der Waals surface area (Å²) in [5, 5.41) is 18.7. The van der Waals surface area contributed by atoms with Crippen molar-refractivity contribution < 1.29 is 32.6 Å². The van der Waals surface area contributed by atoms with Crippen LogP contribution in [0, 0.1) is 5.82 Å². The Labute approximate surface area is 179 Å². The van der Waals surface area contributed by atoms with Crippen LogP contribution in [-0.2, 0) is 0 Å². The summed E-state index contributed by atoms with van der Waals surface area (Å²) in [6.45, 7) is -0.887. The number of aliphatic hydroxyl groups excluding tert-OH is 1. The molecule has 0 aliphatic rings. The number of hydrogen-bond acceptors (Lipinski definition) is 3. The average molecular weight is 454 g/mol. The fourth-order valence-corrected chi connectivity index (χ4v) is 3.75. The number of benzene rings is 2. The topological polar surface area (TPSA) is 70.4 Å². The van der Waals surface area contributed by atoms with Gasteiger partial charge in [0, 0.05) is 22.7 Å². The largest absolute Gasteiger partial charge is 0.478 e. The van der Waals surface area contributed by atoms with Crippen molar-refractivity contribution in [1.29, 1.82) is 0 Å². The van der Waals surface area contributed by atoms with Crippen molar-refractivity contribution in [2.75, 3.05) is 6.61 Å². The molecule has 31 heavy (non-hydrogen) atoms. The van der Waals surface area contributed by atoms with Crippen LogP contribution in [0.25, 0.3) is 11.3 Å². The Morgan fingerprint density at radius 1 is 1.10 bits per heavy atom. The molecule has 0 fully saturated rings. The van der Waals surface area contributed by atoms with Gasteiger partial charge < -0.3 is 10.2 Å². The van der Waals surface area contributed by atoms with Crippen molar-refractivity contribution in [3.05, 3.63) is 88.3 Å². The lowest BCUT2D eigenvalue weighted by atomic mass is 9.81. The second-order valence-corrected chi connectivity index (χ2v) is 7.24. The number of aliphatic hydroxyl groups is 1. The molecule has 1 heterocycles. The third-order valence-electron chi connectivity index (χ3n) is 4.86. The maximum atomic E-state index is 14.1. The molecule has 0 spiro atoms. The van der Waals surface area contributed by atoms with Crippen LogP contribution in [0.4, 0.5) is 17.6 Å². The van der Waals surface area contributed by atoms with Crippen LogP contribution in [0.2, 0.25) is 5.02 Å². The molecular formula is C22H16ClF4NO3. The summed E-state index contributed by atoms with van der Waals surface area (Å²) >= 11 is 5.97. The van der Waals surface area contributed by atoms with Crippen LogP contribution >= 0.6 is 11.6 Å². The molecule has 1 aromatic heterocycles. The molecule has 0 aliphatic carbocycles. The number of alkyl halides is 3. The van der Waals surface area contributed by atoms with Crippen molar-refractivity contribution in [3.8, 4) is 11.3 Å². The normalized spacial score (nSPS) is 13.6. The van der Waals surface area contributed by atoms with Crippen LogP contribution in [0.3, 0.4) is 0 Å². The molecule has 0 saturated heterocycles. The third kappa shape index (κ3) is 5.03. The second-order valence-electron chi connectivity index (χ2n) is 6.83. The molecule has 2 N–H and O–H groups in total. The highest BCUT2D eigenvalue weighted by molar-refractivity contribution is 6.31. The average Bonchev–Trinajstić information content (AvgIpc) is 2.71. The van der Waals surface area contributed by atoms with E-state index in [0.717, 1.165) is 18.2 Å². The van der Waals surface area contributed by atoms with Gasteiger partial charge in [-0.25, -0.2) is 9.18 Å². The van der Waals surface area contributed by atoms with Gasteiger partial charge in [0.1, 0.15) is 5.82 Å². The summed E-state index contributed by atoms with van der Waals surface area (Å²) < 4.78 is 55.7. The van der Waals surface area contributed by atoms with Crippen LogP contribution in [0.15, 0.2) is 60.8 Å². The highest BCUT2D eigenvalue weighted by Gasteiger charge is 2.46. The van der Waals surface area contributed by atoms with Gasteiger partial charge in [-0.1, -0.05) is 29.8 Å². The summed E-state index contributed by atoms with van der Waals surface area (Å²) in [4.78, 5) is 15.3. The van der Waals surface area contributed by atoms with Crippen LogP contribution in [0.1, 0.15) is 33.3 Å². The Balaban J connectivity index is 2.11. The first kappa shape index (κ1) is 22.7. The van der Waals surface area contributed by atoms with E-state index >= 15 is 0 Å². The first-order valence-electron chi connectivity index (χ1n) is 9.04. The smallest absolute Gasteiger partial charge is 0.396 e. The van der Waals surface area contributed by atoms with E-state index in [1.54, 1.807) is 0 Å². The highest BCUT2D eigenvalue weighted by Crippen LogP contribution is 2.46. The summed E-state index contributed by atoms with van der Waals surface area (Å²) in [7, 11) is 0. The van der Waals surface area contributed by atoms with Gasteiger partial charge in [-0.2, -0.15) is 13.2 Å². The van der Waals surface area contributed by atoms with Gasteiger partial charge >= 0.3 is 12.1 Å². The zero-order valence-corrected chi connectivity index (χ0v) is 16.5. The van der Waals surface area contributed by atoms with Crippen LogP contribution < -0.4 is 0 Å². The van der Waals surface area contributed by atoms with E-state index in [-0.39, 0.29) is 27.4 Å². The van der Waals surface area contributed by atoms with Crippen molar-refractivity contribution in [2.24, 2.45) is 0 Å². The van der Waals surface area contributed by atoms with Crippen LogP contribution in [-0.4, -0.2) is 33.9 Å². The van der Waals surface area contributed by atoms with Gasteiger partial charge in [-0.05, 0) is 47.5 Å². The molecule has 2 atom stereocenters. The maximum Gasteiger partial charge on any atom is 0.396 e. The predicted octanol–water partition coefficient (Wildman–Crippen LogP) is 5.66. The highest BCUT2D eigenvalue weighted by atomic mass is 35.5. The van der Waals surface area contributed by atoms with Gasteiger partial charge in [0.2, 0.25) is 0 Å². The van der Waals surface area contributed by atoms with E-state index < -0.39 is 36.4 Å². The standard InChI is InChI=1S/C22H16ClF4NO3/c23-18-10-15(24)4-5-16(18)17(11-29)20(22(25,26)27)13-6-7-28-19(9-13)12-2-1-3-14(8-12)21(30)31/h1-10,17,20,29H,11H2,(H,30,31). The number of nitrogens with zero attached hydrogens (tertiary/aromatic N) is 1. The zero-order chi connectivity index (χ0) is 22.8. The monoisotopic (exact) mass is 453 g/mol. The second kappa shape index (κ2) is 9.03. The molecule has 0 radical (unpaired) electrons. The minimum absolute atomic E-state index is 0.0385. The number of aromatic nitrogens is 1. The number of aromatic carboxylic acids is 1. The molecular weight excluding hydrogens is 438 g/mol. The van der Waals surface area contributed by atoms with E-state index in [4.69, 9.17) is 16.7 Å². The number of hydrogen-bond donors (Lipinski definition) is 2. The number of rotatable bonds is 6. The Kier molecular flexibility index (Phi) is 6.62. The van der Waals surface area contributed by atoms with Gasteiger partial charge in [-0.3, -0.25) is 4.98 Å². The fourth-order valence-electron chi connectivity index (χ4n) is 3.44. The Morgan fingerprint density at radius 2 is 1.84 bits per heavy atom. The summed E-state index contributed by atoms with van der Waals surface area (Å²) in [5.41, 5.74) is 0.181. The van der Waals surface area contributed by atoms with Crippen molar-refractivity contribution >= 4 is 17.6 Å². The summed E-state index contributed by atoms with van der Waals surface area (Å²) in [5.74, 6) is -5.55. The van der Waals surface area contributed by atoms with Gasteiger partial charge in [0.05, 0.1) is 23.8 Å². The SMILES string of the molecule is O=C(O)c1cccc(-c2cc(C(C(CO)c3ccc(F)cc3Cl)C(F)(F)F)ccn2)c1. The van der Waals surface area contributed by atoms with Gasteiger partial charge in [0.25, 0.3) is 0 Å². The third-order valence-corrected chi connectivity index (χ3v) is 5.19. The van der Waals surface area contributed by atoms with E-state index in [2.05, 4.69) is 4.98 Å². The summed E-state index contributed by atoms with van der Waals surface area (Å²) in [6.07, 6.45) is -3.59. The molecule has 9 heteroatoms. The van der Waals surface area contributed by atoms with E-state index in [9.17, 15) is 27.5 Å². The van der Waals surface area contributed by atoms with Crippen molar-refractivity contribution in [2.45, 2.75) is 18.0 Å². The van der Waals surface area contributed by atoms with Crippen molar-refractivity contribution in [1.82, 2.24) is 4.98 Å². The summed E-state index contributed by atoms with van der Waals surface area (Å²) in [6, 6.07) is 11.0. The maximum absolute atomic E-state index is 14.1. The molecule has 0 saturated carbocycles. The Morgan fingerprint density at radius 3 is 2.45 bits per heavy atom. The number of carboxylic acids is 1. The van der Waals surface area contributed by atoms with E-state index in [1.165, 1.54) is 42.6 Å². The molecule has 3 rings (SSSR count). The number of halogens is 5.